The van der Waals surface area contributed by atoms with E-state index in [1.807, 2.05) is 12.1 Å². The SMILES string of the molecule is O=S(=O)(N1CCCCCC1)N1CCC[C@H]1c1nc(-c2ccccn2)no1. The highest BCUT2D eigenvalue weighted by molar-refractivity contribution is 7.86. The first-order chi connectivity index (χ1) is 12.7. The van der Waals surface area contributed by atoms with Crippen molar-refractivity contribution in [2.75, 3.05) is 19.6 Å². The van der Waals surface area contributed by atoms with Gasteiger partial charge in [-0.3, -0.25) is 4.98 Å². The highest BCUT2D eigenvalue weighted by Crippen LogP contribution is 2.35. The van der Waals surface area contributed by atoms with Crippen molar-refractivity contribution < 1.29 is 12.9 Å². The number of rotatable bonds is 4. The first-order valence-corrected chi connectivity index (χ1v) is 10.6. The van der Waals surface area contributed by atoms with Crippen LogP contribution in [0.2, 0.25) is 0 Å². The van der Waals surface area contributed by atoms with E-state index in [0.29, 0.717) is 43.5 Å². The highest BCUT2D eigenvalue weighted by Gasteiger charge is 2.41. The van der Waals surface area contributed by atoms with Crippen LogP contribution in [0, 0.1) is 0 Å². The summed E-state index contributed by atoms with van der Waals surface area (Å²) in [6, 6.07) is 5.07. The van der Waals surface area contributed by atoms with Crippen LogP contribution in [0.1, 0.15) is 50.5 Å². The molecule has 2 aliphatic rings. The van der Waals surface area contributed by atoms with E-state index in [1.165, 1.54) is 4.31 Å². The predicted molar refractivity (Wildman–Crippen MR) is 95.2 cm³/mol. The normalized spacial score (nSPS) is 23.2. The Morgan fingerprint density at radius 2 is 1.85 bits per heavy atom. The first kappa shape index (κ1) is 17.6. The molecule has 4 heterocycles. The molecule has 0 amide bonds. The monoisotopic (exact) mass is 377 g/mol. The highest BCUT2D eigenvalue weighted by atomic mass is 32.2. The maximum Gasteiger partial charge on any atom is 0.282 e. The van der Waals surface area contributed by atoms with Crippen molar-refractivity contribution >= 4 is 10.2 Å². The number of hydrogen-bond acceptors (Lipinski definition) is 6. The lowest BCUT2D eigenvalue weighted by Crippen LogP contribution is -2.44. The Balaban J connectivity index is 1.58. The third-order valence-electron chi connectivity index (χ3n) is 5.01. The molecule has 8 nitrogen and oxygen atoms in total. The van der Waals surface area contributed by atoms with Crippen molar-refractivity contribution in [1.29, 1.82) is 0 Å². The van der Waals surface area contributed by atoms with E-state index in [9.17, 15) is 8.42 Å². The summed E-state index contributed by atoms with van der Waals surface area (Å²) in [6.45, 7) is 1.67. The average molecular weight is 377 g/mol. The van der Waals surface area contributed by atoms with Gasteiger partial charge in [-0.2, -0.15) is 22.0 Å². The minimum atomic E-state index is -3.51. The van der Waals surface area contributed by atoms with Gasteiger partial charge in [0, 0.05) is 25.8 Å². The molecule has 140 valence electrons. The Kier molecular flexibility index (Phi) is 5.01. The third-order valence-corrected chi connectivity index (χ3v) is 7.06. The van der Waals surface area contributed by atoms with Crippen molar-refractivity contribution in [3.63, 3.8) is 0 Å². The fourth-order valence-electron chi connectivity index (χ4n) is 3.65. The summed E-state index contributed by atoms with van der Waals surface area (Å²) in [5.74, 6) is 0.737. The van der Waals surface area contributed by atoms with Crippen molar-refractivity contribution in [2.24, 2.45) is 0 Å². The lowest BCUT2D eigenvalue weighted by atomic mass is 10.2. The number of aromatic nitrogens is 3. The first-order valence-electron chi connectivity index (χ1n) is 9.18. The van der Waals surface area contributed by atoms with Crippen LogP contribution in [-0.2, 0) is 10.2 Å². The van der Waals surface area contributed by atoms with Gasteiger partial charge in [0.2, 0.25) is 11.7 Å². The standard InChI is InChI=1S/C17H23N5O3S/c23-26(24,21-11-5-1-2-6-12-21)22-13-7-9-15(22)17-19-16(20-25-17)14-8-3-4-10-18-14/h3-4,8,10,15H,1-2,5-7,9,11-13H2/t15-/m0/s1. The number of nitrogens with zero attached hydrogens (tertiary/aromatic N) is 5. The summed E-state index contributed by atoms with van der Waals surface area (Å²) in [4.78, 5) is 8.64. The van der Waals surface area contributed by atoms with Crippen LogP contribution in [0.5, 0.6) is 0 Å². The summed E-state index contributed by atoms with van der Waals surface area (Å²) < 4.78 is 34.9. The molecule has 0 aliphatic carbocycles. The third kappa shape index (κ3) is 3.38. The molecular formula is C17H23N5O3S. The predicted octanol–water partition coefficient (Wildman–Crippen LogP) is 2.39. The van der Waals surface area contributed by atoms with Crippen LogP contribution < -0.4 is 0 Å². The van der Waals surface area contributed by atoms with E-state index >= 15 is 0 Å². The van der Waals surface area contributed by atoms with Gasteiger partial charge in [-0.25, -0.2) is 0 Å². The Bertz CT molecular complexity index is 831. The van der Waals surface area contributed by atoms with E-state index in [4.69, 9.17) is 4.52 Å². The van der Waals surface area contributed by atoms with Crippen molar-refractivity contribution in [1.82, 2.24) is 23.7 Å². The molecule has 0 radical (unpaired) electrons. The zero-order chi connectivity index (χ0) is 18.0. The van der Waals surface area contributed by atoms with Crippen LogP contribution in [0.3, 0.4) is 0 Å². The molecule has 0 aromatic carbocycles. The molecule has 0 unspecified atom stereocenters. The maximum absolute atomic E-state index is 13.2. The molecule has 26 heavy (non-hydrogen) atoms. The van der Waals surface area contributed by atoms with E-state index in [1.54, 1.807) is 16.6 Å². The summed E-state index contributed by atoms with van der Waals surface area (Å²) >= 11 is 0. The molecule has 2 aromatic rings. The smallest absolute Gasteiger partial charge is 0.282 e. The van der Waals surface area contributed by atoms with Crippen LogP contribution >= 0.6 is 0 Å². The molecule has 0 bridgehead atoms. The Hall–Kier alpha value is -1.84. The van der Waals surface area contributed by atoms with Gasteiger partial charge >= 0.3 is 0 Å². The minimum absolute atomic E-state index is 0.349. The summed E-state index contributed by atoms with van der Waals surface area (Å²) in [6.07, 6.45) is 7.16. The van der Waals surface area contributed by atoms with Crippen LogP contribution in [0.15, 0.2) is 28.9 Å². The van der Waals surface area contributed by atoms with Gasteiger partial charge in [0.1, 0.15) is 11.7 Å². The Morgan fingerprint density at radius 3 is 2.58 bits per heavy atom. The molecule has 0 saturated carbocycles. The molecule has 9 heteroatoms. The van der Waals surface area contributed by atoms with Gasteiger partial charge in [0.15, 0.2) is 0 Å². The quantitative estimate of drug-likeness (QED) is 0.812. The molecule has 1 atom stereocenters. The number of pyridine rings is 1. The Labute approximate surface area is 153 Å². The van der Waals surface area contributed by atoms with Gasteiger partial charge in [-0.15, -0.1) is 0 Å². The molecule has 0 N–H and O–H groups in total. The van der Waals surface area contributed by atoms with Gasteiger partial charge in [0.25, 0.3) is 10.2 Å². The fraction of sp³-hybridized carbons (Fsp3) is 0.588. The molecule has 2 saturated heterocycles. The van der Waals surface area contributed by atoms with E-state index in [2.05, 4.69) is 15.1 Å². The van der Waals surface area contributed by atoms with Gasteiger partial charge in [0.05, 0.1) is 0 Å². The molecule has 4 rings (SSSR count). The minimum Gasteiger partial charge on any atom is -0.337 e. The molecule has 0 spiro atoms. The molecule has 2 aliphatic heterocycles. The molecular weight excluding hydrogens is 354 g/mol. The Morgan fingerprint density at radius 1 is 1.04 bits per heavy atom. The second kappa shape index (κ2) is 7.42. The average Bonchev–Trinajstić information content (AvgIpc) is 3.25. The van der Waals surface area contributed by atoms with Crippen LogP contribution in [0.4, 0.5) is 0 Å². The lowest BCUT2D eigenvalue weighted by Gasteiger charge is -2.28. The van der Waals surface area contributed by atoms with Crippen molar-refractivity contribution in [3.05, 3.63) is 30.3 Å². The number of hydrogen-bond donors (Lipinski definition) is 0. The largest absolute Gasteiger partial charge is 0.337 e. The lowest BCUT2D eigenvalue weighted by molar-refractivity contribution is 0.272. The van der Waals surface area contributed by atoms with Crippen molar-refractivity contribution in [3.8, 4) is 11.5 Å². The summed E-state index contributed by atoms with van der Waals surface area (Å²) in [7, 11) is -3.51. The zero-order valence-electron chi connectivity index (χ0n) is 14.6. The molecule has 2 fully saturated rings. The summed E-state index contributed by atoms with van der Waals surface area (Å²) in [5.41, 5.74) is 0.613. The van der Waals surface area contributed by atoms with Crippen molar-refractivity contribution in [2.45, 2.75) is 44.6 Å². The topological polar surface area (TPSA) is 92.4 Å². The molecule has 2 aromatic heterocycles. The second-order valence-electron chi connectivity index (χ2n) is 6.76. The van der Waals surface area contributed by atoms with E-state index < -0.39 is 16.3 Å². The van der Waals surface area contributed by atoms with Gasteiger partial charge < -0.3 is 4.52 Å². The van der Waals surface area contributed by atoms with Crippen LogP contribution in [-0.4, -0.2) is 51.8 Å². The summed E-state index contributed by atoms with van der Waals surface area (Å²) in [5, 5.41) is 3.99. The second-order valence-corrected chi connectivity index (χ2v) is 8.64. The van der Waals surface area contributed by atoms with E-state index in [0.717, 1.165) is 32.1 Å². The van der Waals surface area contributed by atoms with Gasteiger partial charge in [-0.1, -0.05) is 24.1 Å². The van der Waals surface area contributed by atoms with E-state index in [-0.39, 0.29) is 0 Å². The maximum atomic E-state index is 13.2. The zero-order valence-corrected chi connectivity index (χ0v) is 15.4. The van der Waals surface area contributed by atoms with Gasteiger partial charge in [-0.05, 0) is 37.8 Å². The fourth-order valence-corrected chi connectivity index (χ4v) is 5.55. The van der Waals surface area contributed by atoms with Crippen LogP contribution in [0.25, 0.3) is 11.5 Å².